The van der Waals surface area contributed by atoms with E-state index in [4.69, 9.17) is 4.74 Å². The minimum Gasteiger partial charge on any atom is -0.381 e. The predicted octanol–water partition coefficient (Wildman–Crippen LogP) is 2.59. The lowest BCUT2D eigenvalue weighted by Crippen LogP contribution is -2.54. The van der Waals surface area contributed by atoms with E-state index in [9.17, 15) is 0 Å². The van der Waals surface area contributed by atoms with Crippen molar-refractivity contribution in [1.82, 2.24) is 10.2 Å². The molecule has 1 saturated heterocycles. The van der Waals surface area contributed by atoms with Crippen LogP contribution >= 0.6 is 0 Å². The molecule has 1 aliphatic heterocycles. The number of rotatable bonds is 3. The molecule has 1 heterocycles. The first kappa shape index (κ1) is 14.1. The third kappa shape index (κ3) is 2.90. The van der Waals surface area contributed by atoms with Crippen LogP contribution in [0.15, 0.2) is 30.3 Å². The molecule has 3 rings (SSSR count). The second-order valence-electron chi connectivity index (χ2n) is 6.26. The Morgan fingerprint density at radius 2 is 2.00 bits per heavy atom. The van der Waals surface area contributed by atoms with Crippen molar-refractivity contribution < 1.29 is 4.74 Å². The summed E-state index contributed by atoms with van der Waals surface area (Å²) in [6.07, 6.45) is 4.13. The van der Waals surface area contributed by atoms with Gasteiger partial charge in [0.25, 0.3) is 0 Å². The molecule has 4 atom stereocenters. The van der Waals surface area contributed by atoms with Crippen LogP contribution in [-0.4, -0.2) is 43.3 Å². The van der Waals surface area contributed by atoms with E-state index in [2.05, 4.69) is 47.5 Å². The first-order chi connectivity index (χ1) is 9.78. The summed E-state index contributed by atoms with van der Waals surface area (Å²) in [4.78, 5) is 2.72. The Labute approximate surface area is 122 Å². The van der Waals surface area contributed by atoms with Crippen molar-refractivity contribution in [3.63, 3.8) is 0 Å². The van der Waals surface area contributed by atoms with E-state index in [0.717, 1.165) is 13.1 Å². The Morgan fingerprint density at radius 1 is 1.20 bits per heavy atom. The lowest BCUT2D eigenvalue weighted by Gasteiger charge is -2.43. The molecule has 4 unspecified atom stereocenters. The van der Waals surface area contributed by atoms with Gasteiger partial charge < -0.3 is 10.1 Å². The Kier molecular flexibility index (Phi) is 4.39. The van der Waals surface area contributed by atoms with Gasteiger partial charge in [-0.2, -0.15) is 0 Å². The van der Waals surface area contributed by atoms with E-state index in [1.54, 1.807) is 0 Å². The second kappa shape index (κ2) is 6.25. The minimum absolute atomic E-state index is 0.460. The van der Waals surface area contributed by atoms with Crippen LogP contribution in [0, 0.1) is 0 Å². The molecule has 1 saturated carbocycles. The Bertz CT molecular complexity index is 422. The zero-order chi connectivity index (χ0) is 13.9. The fraction of sp³-hybridized carbons (Fsp3) is 0.647. The highest BCUT2D eigenvalue weighted by Crippen LogP contribution is 2.33. The van der Waals surface area contributed by atoms with Crippen LogP contribution in [0.25, 0.3) is 0 Å². The van der Waals surface area contributed by atoms with Gasteiger partial charge in [0, 0.05) is 38.3 Å². The normalized spacial score (nSPS) is 35.3. The lowest BCUT2D eigenvalue weighted by atomic mass is 9.98. The standard InChI is InChI=1S/C17H26N2O/c1-13-12-19(15-8-9-16(10-15)20-2)17(11-18-13)14-6-4-3-5-7-14/h3-7,13,15-18H,8-12H2,1-2H3. The van der Waals surface area contributed by atoms with Crippen LogP contribution in [-0.2, 0) is 4.74 Å². The summed E-state index contributed by atoms with van der Waals surface area (Å²) in [5, 5.41) is 3.64. The van der Waals surface area contributed by atoms with Crippen LogP contribution < -0.4 is 5.32 Å². The molecular weight excluding hydrogens is 248 g/mol. The molecule has 0 radical (unpaired) electrons. The van der Waals surface area contributed by atoms with Crippen LogP contribution in [0.1, 0.15) is 37.8 Å². The van der Waals surface area contributed by atoms with Crippen molar-refractivity contribution in [2.24, 2.45) is 0 Å². The van der Waals surface area contributed by atoms with Crippen LogP contribution in [0.2, 0.25) is 0 Å². The average Bonchev–Trinajstić information content (AvgIpc) is 2.97. The summed E-state index contributed by atoms with van der Waals surface area (Å²) < 4.78 is 5.56. The minimum atomic E-state index is 0.460. The molecule has 0 bridgehead atoms. The van der Waals surface area contributed by atoms with Crippen molar-refractivity contribution >= 4 is 0 Å². The molecule has 1 aromatic rings. The number of nitrogens with zero attached hydrogens (tertiary/aromatic N) is 1. The number of hydrogen-bond acceptors (Lipinski definition) is 3. The van der Waals surface area contributed by atoms with Crippen molar-refractivity contribution in [3.05, 3.63) is 35.9 Å². The van der Waals surface area contributed by atoms with Crippen LogP contribution in [0.5, 0.6) is 0 Å². The lowest BCUT2D eigenvalue weighted by molar-refractivity contribution is 0.0648. The van der Waals surface area contributed by atoms with Crippen LogP contribution in [0.4, 0.5) is 0 Å². The van der Waals surface area contributed by atoms with E-state index in [1.807, 2.05) is 7.11 Å². The topological polar surface area (TPSA) is 24.5 Å². The van der Waals surface area contributed by atoms with E-state index in [-0.39, 0.29) is 0 Å². The van der Waals surface area contributed by atoms with Gasteiger partial charge in [-0.25, -0.2) is 0 Å². The highest BCUT2D eigenvalue weighted by Gasteiger charge is 2.36. The number of piperazine rings is 1. The van der Waals surface area contributed by atoms with Gasteiger partial charge in [0.2, 0.25) is 0 Å². The van der Waals surface area contributed by atoms with Gasteiger partial charge in [-0.1, -0.05) is 30.3 Å². The Morgan fingerprint density at radius 3 is 2.70 bits per heavy atom. The molecule has 1 N–H and O–H groups in total. The molecule has 1 aliphatic carbocycles. The SMILES string of the molecule is COC1CCC(N2CC(C)NCC2c2ccccc2)C1. The Hall–Kier alpha value is -0.900. The molecule has 110 valence electrons. The molecular formula is C17H26N2O. The molecule has 0 spiro atoms. The highest BCUT2D eigenvalue weighted by molar-refractivity contribution is 5.20. The van der Waals surface area contributed by atoms with Gasteiger partial charge in [0.15, 0.2) is 0 Å². The molecule has 1 aromatic carbocycles. The number of benzene rings is 1. The van der Waals surface area contributed by atoms with Gasteiger partial charge >= 0.3 is 0 Å². The van der Waals surface area contributed by atoms with Gasteiger partial charge in [-0.15, -0.1) is 0 Å². The summed E-state index contributed by atoms with van der Waals surface area (Å²) in [6, 6.07) is 12.7. The smallest absolute Gasteiger partial charge is 0.0586 e. The van der Waals surface area contributed by atoms with E-state index < -0.39 is 0 Å². The highest BCUT2D eigenvalue weighted by atomic mass is 16.5. The van der Waals surface area contributed by atoms with Gasteiger partial charge in [0.05, 0.1) is 6.10 Å². The van der Waals surface area contributed by atoms with E-state index >= 15 is 0 Å². The maximum Gasteiger partial charge on any atom is 0.0586 e. The second-order valence-corrected chi connectivity index (χ2v) is 6.26. The largest absolute Gasteiger partial charge is 0.381 e. The fourth-order valence-corrected chi connectivity index (χ4v) is 3.76. The Balaban J connectivity index is 1.77. The van der Waals surface area contributed by atoms with E-state index in [1.165, 1.54) is 24.8 Å². The summed E-state index contributed by atoms with van der Waals surface area (Å²) >= 11 is 0. The van der Waals surface area contributed by atoms with Gasteiger partial charge in [0.1, 0.15) is 0 Å². The summed E-state index contributed by atoms with van der Waals surface area (Å²) in [7, 11) is 1.85. The fourth-order valence-electron chi connectivity index (χ4n) is 3.76. The third-order valence-corrected chi connectivity index (χ3v) is 4.89. The third-order valence-electron chi connectivity index (χ3n) is 4.89. The number of nitrogens with one attached hydrogen (secondary N) is 1. The van der Waals surface area contributed by atoms with Gasteiger partial charge in [-0.3, -0.25) is 4.90 Å². The summed E-state index contributed by atoms with van der Waals surface area (Å²) in [5.74, 6) is 0. The molecule has 0 aromatic heterocycles. The number of hydrogen-bond donors (Lipinski definition) is 1. The number of methoxy groups -OCH3 is 1. The molecule has 2 fully saturated rings. The quantitative estimate of drug-likeness (QED) is 0.917. The molecule has 3 nitrogen and oxygen atoms in total. The first-order valence-electron chi connectivity index (χ1n) is 7.85. The monoisotopic (exact) mass is 274 g/mol. The molecule has 0 amide bonds. The molecule has 2 aliphatic rings. The molecule has 3 heteroatoms. The first-order valence-corrected chi connectivity index (χ1v) is 7.85. The van der Waals surface area contributed by atoms with Crippen LogP contribution in [0.3, 0.4) is 0 Å². The van der Waals surface area contributed by atoms with Crippen molar-refractivity contribution in [2.75, 3.05) is 20.2 Å². The van der Waals surface area contributed by atoms with Crippen molar-refractivity contribution in [2.45, 2.75) is 50.4 Å². The zero-order valence-electron chi connectivity index (χ0n) is 12.6. The average molecular weight is 274 g/mol. The maximum absolute atomic E-state index is 5.56. The predicted molar refractivity (Wildman–Crippen MR) is 81.8 cm³/mol. The molecule has 20 heavy (non-hydrogen) atoms. The van der Waals surface area contributed by atoms with Gasteiger partial charge in [-0.05, 0) is 31.7 Å². The number of ether oxygens (including phenoxy) is 1. The van der Waals surface area contributed by atoms with Crippen molar-refractivity contribution in [1.29, 1.82) is 0 Å². The van der Waals surface area contributed by atoms with E-state index in [0.29, 0.717) is 24.2 Å². The summed E-state index contributed by atoms with van der Waals surface area (Å²) in [6.45, 7) is 4.48. The zero-order valence-corrected chi connectivity index (χ0v) is 12.6. The summed E-state index contributed by atoms with van der Waals surface area (Å²) in [5.41, 5.74) is 1.44. The van der Waals surface area contributed by atoms with Crippen molar-refractivity contribution in [3.8, 4) is 0 Å². The maximum atomic E-state index is 5.56.